The van der Waals surface area contributed by atoms with Gasteiger partial charge in [-0.15, -0.1) is 0 Å². The lowest BCUT2D eigenvalue weighted by Crippen LogP contribution is -2.00. The van der Waals surface area contributed by atoms with E-state index in [1.165, 1.54) is 59.8 Å². The Labute approximate surface area is 336 Å². The van der Waals surface area contributed by atoms with Gasteiger partial charge in [0.1, 0.15) is 0 Å². The van der Waals surface area contributed by atoms with Crippen molar-refractivity contribution in [2.45, 2.75) is 0 Å². The molecule has 0 radical (unpaired) electrons. The molecule has 0 amide bonds. The van der Waals surface area contributed by atoms with Gasteiger partial charge in [-0.1, -0.05) is 206 Å². The highest BCUT2D eigenvalue weighted by atomic mass is 15.0. The van der Waals surface area contributed by atoms with Gasteiger partial charge in [-0.3, -0.25) is 0 Å². The molecule has 0 atom stereocenters. The average Bonchev–Trinajstić information content (AvgIpc) is 3.31. The van der Waals surface area contributed by atoms with E-state index in [0.29, 0.717) is 17.5 Å². The van der Waals surface area contributed by atoms with Gasteiger partial charge in [-0.25, -0.2) is 15.0 Å². The molecule has 0 N–H and O–H groups in total. The molecule has 11 aromatic rings. The van der Waals surface area contributed by atoms with Gasteiger partial charge >= 0.3 is 0 Å². The second-order valence-electron chi connectivity index (χ2n) is 14.8. The molecule has 0 fully saturated rings. The van der Waals surface area contributed by atoms with Gasteiger partial charge in [0.15, 0.2) is 17.5 Å². The minimum atomic E-state index is 0.630. The van der Waals surface area contributed by atoms with Crippen LogP contribution in [0.2, 0.25) is 0 Å². The molecule has 1 aromatic heterocycles. The third-order valence-electron chi connectivity index (χ3n) is 11.3. The van der Waals surface area contributed by atoms with E-state index >= 15 is 0 Å². The van der Waals surface area contributed by atoms with E-state index in [0.717, 1.165) is 33.4 Å². The zero-order valence-corrected chi connectivity index (χ0v) is 31.5. The van der Waals surface area contributed by atoms with Gasteiger partial charge in [-0.05, 0) is 82.5 Å². The van der Waals surface area contributed by atoms with Crippen molar-refractivity contribution in [3.05, 3.63) is 212 Å². The summed E-state index contributed by atoms with van der Waals surface area (Å²) in [5, 5.41) is 9.91. The van der Waals surface area contributed by atoms with Gasteiger partial charge < -0.3 is 0 Å². The number of hydrogen-bond acceptors (Lipinski definition) is 3. The van der Waals surface area contributed by atoms with Crippen molar-refractivity contribution in [2.75, 3.05) is 0 Å². The quantitative estimate of drug-likeness (QED) is 0.126. The van der Waals surface area contributed by atoms with Crippen LogP contribution in [0.1, 0.15) is 0 Å². The van der Waals surface area contributed by atoms with Crippen molar-refractivity contribution < 1.29 is 0 Å². The summed E-state index contributed by atoms with van der Waals surface area (Å²) in [5.41, 5.74) is 9.84. The third kappa shape index (κ3) is 5.98. The van der Waals surface area contributed by atoms with Crippen LogP contribution in [-0.2, 0) is 0 Å². The fourth-order valence-corrected chi connectivity index (χ4v) is 8.40. The third-order valence-corrected chi connectivity index (χ3v) is 11.3. The van der Waals surface area contributed by atoms with Crippen molar-refractivity contribution in [3.63, 3.8) is 0 Å². The second-order valence-corrected chi connectivity index (χ2v) is 14.8. The Kier molecular flexibility index (Phi) is 8.15. The van der Waals surface area contributed by atoms with Crippen molar-refractivity contribution >= 4 is 43.1 Å². The van der Waals surface area contributed by atoms with Crippen molar-refractivity contribution in [1.29, 1.82) is 0 Å². The van der Waals surface area contributed by atoms with Gasteiger partial charge in [0, 0.05) is 16.7 Å². The zero-order chi connectivity index (χ0) is 38.4. The molecule has 1 heterocycles. The number of fused-ring (bicyclic) bond motifs is 5. The number of nitrogens with zero attached hydrogens (tertiary/aromatic N) is 3. The average molecular weight is 738 g/mol. The van der Waals surface area contributed by atoms with E-state index in [9.17, 15) is 0 Å². The van der Waals surface area contributed by atoms with E-state index in [2.05, 4.69) is 206 Å². The summed E-state index contributed by atoms with van der Waals surface area (Å²) in [6.45, 7) is 0. The Bertz CT molecular complexity index is 3290. The molecule has 0 unspecified atom stereocenters. The highest BCUT2D eigenvalue weighted by Crippen LogP contribution is 2.40. The lowest BCUT2D eigenvalue weighted by molar-refractivity contribution is 1.07. The van der Waals surface area contributed by atoms with E-state index in [1.807, 2.05) is 6.07 Å². The van der Waals surface area contributed by atoms with Crippen LogP contribution in [0.4, 0.5) is 0 Å². The molecule has 11 rings (SSSR count). The van der Waals surface area contributed by atoms with Crippen LogP contribution in [0, 0.1) is 0 Å². The maximum Gasteiger partial charge on any atom is 0.164 e. The van der Waals surface area contributed by atoms with Gasteiger partial charge in [0.05, 0.1) is 0 Å². The summed E-state index contributed by atoms with van der Waals surface area (Å²) in [7, 11) is 0. The Morgan fingerprint density at radius 2 is 0.672 bits per heavy atom. The van der Waals surface area contributed by atoms with E-state index in [-0.39, 0.29) is 0 Å². The highest BCUT2D eigenvalue weighted by molar-refractivity contribution is 6.20. The first kappa shape index (κ1) is 33.6. The molecule has 0 aliphatic rings. The molecular weight excluding hydrogens is 703 g/mol. The molecule has 270 valence electrons. The zero-order valence-electron chi connectivity index (χ0n) is 31.5. The smallest absolute Gasteiger partial charge is 0.164 e. The van der Waals surface area contributed by atoms with Crippen molar-refractivity contribution in [1.82, 2.24) is 15.0 Å². The minimum absolute atomic E-state index is 0.630. The number of aromatic nitrogens is 3. The summed E-state index contributed by atoms with van der Waals surface area (Å²) >= 11 is 0. The first-order valence-electron chi connectivity index (χ1n) is 19.7. The Balaban J connectivity index is 1.02. The van der Waals surface area contributed by atoms with E-state index < -0.39 is 0 Å². The first-order chi connectivity index (χ1) is 28.7. The summed E-state index contributed by atoms with van der Waals surface area (Å²) in [5.74, 6) is 1.90. The Morgan fingerprint density at radius 1 is 0.224 bits per heavy atom. The van der Waals surface area contributed by atoms with Gasteiger partial charge in [0.2, 0.25) is 0 Å². The highest BCUT2D eigenvalue weighted by Gasteiger charge is 2.16. The van der Waals surface area contributed by atoms with Crippen LogP contribution in [-0.4, -0.2) is 15.0 Å². The molecule has 0 bridgehead atoms. The topological polar surface area (TPSA) is 38.7 Å². The largest absolute Gasteiger partial charge is 0.208 e. The molecule has 0 aliphatic carbocycles. The number of benzene rings is 10. The normalized spacial score (nSPS) is 11.4. The fourth-order valence-electron chi connectivity index (χ4n) is 8.40. The summed E-state index contributed by atoms with van der Waals surface area (Å²) in [6.07, 6.45) is 0. The van der Waals surface area contributed by atoms with Crippen LogP contribution in [0.15, 0.2) is 212 Å². The lowest BCUT2D eigenvalue weighted by Gasteiger charge is -2.14. The predicted molar refractivity (Wildman–Crippen MR) is 242 cm³/mol. The summed E-state index contributed by atoms with van der Waals surface area (Å²) in [6, 6.07) is 75.4. The Morgan fingerprint density at radius 3 is 1.31 bits per heavy atom. The number of hydrogen-bond donors (Lipinski definition) is 0. The predicted octanol–water partition coefficient (Wildman–Crippen LogP) is 14.5. The van der Waals surface area contributed by atoms with Crippen LogP contribution < -0.4 is 0 Å². The maximum atomic E-state index is 5.13. The fraction of sp³-hybridized carbons (Fsp3) is 0. The Hall–Kier alpha value is -7.75. The van der Waals surface area contributed by atoms with Crippen LogP contribution in [0.25, 0.3) is 111 Å². The van der Waals surface area contributed by atoms with E-state index in [4.69, 9.17) is 15.0 Å². The molecule has 3 nitrogen and oxygen atoms in total. The molecule has 0 saturated carbocycles. The lowest BCUT2D eigenvalue weighted by atomic mass is 9.89. The minimum Gasteiger partial charge on any atom is -0.208 e. The standard InChI is InChI=1S/C55H35N3/c1-2-11-36(12-3-1)37-21-27-42(28-22-37)53-56-54(43-29-23-40(24-30-43)47-20-10-16-38-13-4-7-17-46(38)47)58-55(57-53)44-31-25-41(26-32-44)52-49-19-9-6-15-45(49)35-51-48-18-8-5-14-39(48)33-34-50(51)52/h1-35H. The van der Waals surface area contributed by atoms with Crippen LogP contribution >= 0.6 is 0 Å². The van der Waals surface area contributed by atoms with E-state index in [1.54, 1.807) is 0 Å². The monoisotopic (exact) mass is 737 g/mol. The van der Waals surface area contributed by atoms with Crippen LogP contribution in [0.5, 0.6) is 0 Å². The summed E-state index contributed by atoms with van der Waals surface area (Å²) in [4.78, 5) is 15.3. The molecule has 0 spiro atoms. The summed E-state index contributed by atoms with van der Waals surface area (Å²) < 4.78 is 0. The molecule has 3 heteroatoms. The molecule has 10 aromatic carbocycles. The molecule has 58 heavy (non-hydrogen) atoms. The second kappa shape index (κ2) is 14.1. The maximum absolute atomic E-state index is 5.13. The molecule has 0 saturated heterocycles. The van der Waals surface area contributed by atoms with Crippen LogP contribution in [0.3, 0.4) is 0 Å². The molecular formula is C55H35N3. The first-order valence-corrected chi connectivity index (χ1v) is 19.7. The van der Waals surface area contributed by atoms with Gasteiger partial charge in [0.25, 0.3) is 0 Å². The number of rotatable bonds is 6. The van der Waals surface area contributed by atoms with Crippen molar-refractivity contribution in [2.24, 2.45) is 0 Å². The van der Waals surface area contributed by atoms with Gasteiger partial charge in [-0.2, -0.15) is 0 Å². The van der Waals surface area contributed by atoms with Crippen molar-refractivity contribution in [3.8, 4) is 67.5 Å². The SMILES string of the molecule is c1ccc(-c2ccc(-c3nc(-c4ccc(-c5cccc6ccccc56)cc4)nc(-c4ccc(-c5c6ccccc6cc6c5ccc5ccccc56)cc4)n3)cc2)cc1. The molecule has 0 aliphatic heterocycles.